The van der Waals surface area contributed by atoms with Gasteiger partial charge < -0.3 is 24.6 Å². The van der Waals surface area contributed by atoms with E-state index in [2.05, 4.69) is 20.8 Å². The van der Waals surface area contributed by atoms with Crippen molar-refractivity contribution in [3.63, 3.8) is 0 Å². The fourth-order valence-corrected chi connectivity index (χ4v) is 3.27. The maximum atomic E-state index is 13.4. The lowest BCUT2D eigenvalue weighted by atomic mass is 10.2. The summed E-state index contributed by atoms with van der Waals surface area (Å²) in [5.41, 5.74) is -1.01. The highest BCUT2D eigenvalue weighted by Crippen LogP contribution is 2.40. The number of benzene rings is 1. The van der Waals surface area contributed by atoms with Crippen LogP contribution >= 0.6 is 0 Å². The van der Waals surface area contributed by atoms with E-state index in [1.807, 2.05) is 0 Å². The van der Waals surface area contributed by atoms with Crippen LogP contribution in [0.5, 0.6) is 17.2 Å². The van der Waals surface area contributed by atoms with Gasteiger partial charge in [-0.2, -0.15) is 13.2 Å². The van der Waals surface area contributed by atoms with Gasteiger partial charge in [0.25, 0.3) is 5.91 Å². The molecule has 35 heavy (non-hydrogen) atoms. The monoisotopic (exact) mass is 490 g/mol. The van der Waals surface area contributed by atoms with Crippen LogP contribution in [0, 0.1) is 6.92 Å². The molecule has 0 bridgehead atoms. The first-order valence-electron chi connectivity index (χ1n) is 10.5. The fraction of sp³-hybridized carbons (Fsp3) is 0.304. The largest absolute Gasteiger partial charge is 0.497 e. The Balaban J connectivity index is 1.35. The molecule has 2 heterocycles. The van der Waals surface area contributed by atoms with E-state index in [9.17, 15) is 22.8 Å². The van der Waals surface area contributed by atoms with Crippen LogP contribution in [-0.4, -0.2) is 34.6 Å². The number of ether oxygens (including phenoxy) is 2. The van der Waals surface area contributed by atoms with Gasteiger partial charge in [0.2, 0.25) is 11.7 Å². The second-order valence-electron chi connectivity index (χ2n) is 8.00. The van der Waals surface area contributed by atoms with Crippen molar-refractivity contribution >= 4 is 11.8 Å². The molecular formula is C23H21F3N4O5. The zero-order valence-corrected chi connectivity index (χ0v) is 18.7. The van der Waals surface area contributed by atoms with Crippen LogP contribution in [0.2, 0.25) is 0 Å². The number of alkyl halides is 3. The van der Waals surface area contributed by atoms with Gasteiger partial charge in [-0.05, 0) is 50.1 Å². The highest BCUT2D eigenvalue weighted by Gasteiger charge is 2.51. The molecule has 0 radical (unpaired) electrons. The van der Waals surface area contributed by atoms with E-state index >= 15 is 0 Å². The molecular weight excluding hydrogens is 469 g/mol. The highest BCUT2D eigenvalue weighted by molar-refractivity contribution is 5.99. The zero-order chi connectivity index (χ0) is 25.2. The van der Waals surface area contributed by atoms with Gasteiger partial charge in [-0.15, -0.1) is 0 Å². The van der Waals surface area contributed by atoms with Crippen LogP contribution in [0.25, 0.3) is 0 Å². The molecule has 1 aliphatic carbocycles. The Bertz CT molecular complexity index is 1240. The van der Waals surface area contributed by atoms with E-state index in [0.29, 0.717) is 24.2 Å². The van der Waals surface area contributed by atoms with Gasteiger partial charge in [-0.25, -0.2) is 0 Å². The number of amides is 2. The second-order valence-corrected chi connectivity index (χ2v) is 8.00. The van der Waals surface area contributed by atoms with E-state index in [1.165, 1.54) is 43.6 Å². The minimum Gasteiger partial charge on any atom is -0.497 e. The van der Waals surface area contributed by atoms with Gasteiger partial charge in [0.15, 0.2) is 0 Å². The summed E-state index contributed by atoms with van der Waals surface area (Å²) < 4.78 is 55.2. The van der Waals surface area contributed by atoms with Gasteiger partial charge in [0.1, 0.15) is 28.4 Å². The Morgan fingerprint density at radius 1 is 1.14 bits per heavy atom. The van der Waals surface area contributed by atoms with Crippen molar-refractivity contribution in [1.82, 2.24) is 20.8 Å². The molecule has 4 rings (SSSR count). The van der Waals surface area contributed by atoms with Gasteiger partial charge in [0, 0.05) is 6.07 Å². The van der Waals surface area contributed by atoms with Crippen LogP contribution in [-0.2, 0) is 17.5 Å². The van der Waals surface area contributed by atoms with Gasteiger partial charge in [-0.1, -0.05) is 5.16 Å². The molecule has 9 nitrogen and oxygen atoms in total. The number of hydrogen-bond donors (Lipinski definition) is 2. The number of aromatic nitrogens is 2. The van der Waals surface area contributed by atoms with E-state index in [4.69, 9.17) is 14.0 Å². The van der Waals surface area contributed by atoms with Crippen molar-refractivity contribution in [2.24, 2.45) is 0 Å². The van der Waals surface area contributed by atoms with Gasteiger partial charge >= 0.3 is 6.18 Å². The van der Waals surface area contributed by atoms with Crippen molar-refractivity contribution in [2.45, 2.75) is 38.0 Å². The summed E-state index contributed by atoms with van der Waals surface area (Å²) in [5.74, 6) is -1.15. The summed E-state index contributed by atoms with van der Waals surface area (Å²) in [6.45, 7) is 1.73. The first-order chi connectivity index (χ1) is 16.6. The molecule has 0 unspecified atom stereocenters. The Morgan fingerprint density at radius 3 is 2.46 bits per heavy atom. The quantitative estimate of drug-likeness (QED) is 0.494. The molecule has 0 aliphatic heterocycles. The van der Waals surface area contributed by atoms with Gasteiger partial charge in [-0.3, -0.25) is 14.6 Å². The topological polar surface area (TPSA) is 116 Å². The van der Waals surface area contributed by atoms with Crippen LogP contribution in [0.15, 0.2) is 47.1 Å². The average molecular weight is 490 g/mol. The lowest BCUT2D eigenvalue weighted by Gasteiger charge is -2.16. The number of nitrogens with zero attached hydrogens (tertiary/aromatic N) is 2. The Kier molecular flexibility index (Phi) is 6.37. The number of carbonyl (C=O) groups is 2. The van der Waals surface area contributed by atoms with Crippen LogP contribution in [0.1, 0.15) is 40.3 Å². The zero-order valence-electron chi connectivity index (χ0n) is 18.7. The Labute approximate surface area is 197 Å². The standard InChI is InChI=1S/C23H21F3N4O5/c1-13-9-19(35-30-13)20(31)29-22(7-8-22)21(32)28-11-14-3-4-16(12-27-14)34-18-6-5-15(33-2)10-17(18)23(24,25)26/h3-6,9-10,12H,7-8,11H2,1-2H3,(H,28,32)(H,29,31). The third-order valence-corrected chi connectivity index (χ3v) is 5.34. The van der Waals surface area contributed by atoms with Crippen molar-refractivity contribution in [3.05, 3.63) is 65.3 Å². The third kappa shape index (κ3) is 5.53. The molecule has 0 atom stereocenters. The van der Waals surface area contributed by atoms with Gasteiger partial charge in [0.05, 0.1) is 31.2 Å². The van der Waals surface area contributed by atoms with Crippen molar-refractivity contribution in [3.8, 4) is 17.2 Å². The summed E-state index contributed by atoms with van der Waals surface area (Å²) in [6.07, 6.45) is -2.43. The number of halogens is 3. The number of methoxy groups -OCH3 is 1. The SMILES string of the molecule is COc1ccc(Oc2ccc(CNC(=O)C3(NC(=O)c4cc(C)no4)CC3)nc2)c(C(F)(F)F)c1. The minimum atomic E-state index is -4.64. The first kappa shape index (κ1) is 24.0. The lowest BCUT2D eigenvalue weighted by Crippen LogP contribution is -2.48. The highest BCUT2D eigenvalue weighted by atomic mass is 19.4. The maximum Gasteiger partial charge on any atom is 0.420 e. The number of rotatable bonds is 8. The molecule has 184 valence electrons. The molecule has 1 aliphatic rings. The molecule has 0 spiro atoms. The van der Waals surface area contributed by atoms with Crippen molar-refractivity contribution < 1.29 is 36.8 Å². The van der Waals surface area contributed by atoms with Crippen LogP contribution < -0.4 is 20.1 Å². The Hall–Kier alpha value is -4.09. The van der Waals surface area contributed by atoms with E-state index in [-0.39, 0.29) is 29.7 Å². The molecule has 2 N–H and O–H groups in total. The summed E-state index contributed by atoms with van der Waals surface area (Å²) in [5, 5.41) is 9.03. The molecule has 0 saturated heterocycles. The normalized spacial score (nSPS) is 14.2. The summed E-state index contributed by atoms with van der Waals surface area (Å²) in [6, 6.07) is 7.81. The Morgan fingerprint density at radius 2 is 1.89 bits per heavy atom. The minimum absolute atomic E-state index is 0.0179. The average Bonchev–Trinajstić information content (AvgIpc) is 3.48. The van der Waals surface area contributed by atoms with Crippen molar-refractivity contribution in [1.29, 1.82) is 0 Å². The van der Waals surface area contributed by atoms with Crippen LogP contribution in [0.3, 0.4) is 0 Å². The van der Waals surface area contributed by atoms with Crippen LogP contribution in [0.4, 0.5) is 13.2 Å². The molecule has 3 aromatic rings. The molecule has 12 heteroatoms. The van der Waals surface area contributed by atoms with Crippen molar-refractivity contribution in [2.75, 3.05) is 7.11 Å². The summed E-state index contributed by atoms with van der Waals surface area (Å²) >= 11 is 0. The molecule has 1 saturated carbocycles. The summed E-state index contributed by atoms with van der Waals surface area (Å²) in [7, 11) is 1.27. The molecule has 2 amide bonds. The first-order valence-corrected chi connectivity index (χ1v) is 10.5. The lowest BCUT2D eigenvalue weighted by molar-refractivity contribution is -0.138. The fourth-order valence-electron chi connectivity index (χ4n) is 3.27. The van der Waals surface area contributed by atoms with E-state index in [0.717, 1.165) is 6.07 Å². The number of aryl methyl sites for hydroxylation is 1. The molecule has 2 aromatic heterocycles. The van der Waals surface area contributed by atoms with E-state index in [1.54, 1.807) is 6.92 Å². The number of carbonyl (C=O) groups excluding carboxylic acids is 2. The number of hydrogen-bond acceptors (Lipinski definition) is 7. The molecule has 1 aromatic carbocycles. The smallest absolute Gasteiger partial charge is 0.420 e. The second kappa shape index (κ2) is 9.28. The third-order valence-electron chi connectivity index (χ3n) is 5.34. The summed E-state index contributed by atoms with van der Waals surface area (Å²) in [4.78, 5) is 29.0. The molecule has 1 fully saturated rings. The number of nitrogens with one attached hydrogen (secondary N) is 2. The van der Waals surface area contributed by atoms with E-state index < -0.39 is 28.9 Å². The number of pyridine rings is 1. The predicted octanol–water partition coefficient (Wildman–Crippen LogP) is 3.78. The maximum absolute atomic E-state index is 13.4. The predicted molar refractivity (Wildman–Crippen MR) is 115 cm³/mol.